The van der Waals surface area contributed by atoms with Crippen molar-refractivity contribution < 1.29 is 14.7 Å². The Labute approximate surface area is 154 Å². The highest BCUT2D eigenvalue weighted by Crippen LogP contribution is 2.41. The molecule has 4 heterocycles. The van der Waals surface area contributed by atoms with Gasteiger partial charge in [-0.2, -0.15) is 0 Å². The molecule has 2 amide bonds. The first-order valence-electron chi connectivity index (χ1n) is 9.76. The number of fused-ring (bicyclic) bond motifs is 4. The Morgan fingerprint density at radius 2 is 2.00 bits per heavy atom. The number of hydrogen-bond acceptors (Lipinski definition) is 4. The average molecular weight is 357 g/mol. The van der Waals surface area contributed by atoms with Crippen molar-refractivity contribution in [2.75, 3.05) is 19.7 Å². The molecular weight excluding hydrogens is 330 g/mol. The normalized spacial score (nSPS) is 30.9. The Kier molecular flexibility index (Phi) is 4.94. The fourth-order valence-corrected chi connectivity index (χ4v) is 5.17. The predicted octanol–water partition coefficient (Wildman–Crippen LogP) is 1.23. The summed E-state index contributed by atoms with van der Waals surface area (Å²) in [5.74, 6) is 0.920. The SMILES string of the molecule is O=C(CCc1ccncc1)N1C[C@H]2C[C@@H](C1)[C@H](CO)N1C(=O)CCC[C@@H]21. The van der Waals surface area contributed by atoms with Gasteiger partial charge in [0.05, 0.1) is 12.6 Å². The van der Waals surface area contributed by atoms with Crippen molar-refractivity contribution in [3.05, 3.63) is 30.1 Å². The molecule has 0 aromatic carbocycles. The maximum atomic E-state index is 12.8. The van der Waals surface area contributed by atoms with Crippen LogP contribution < -0.4 is 0 Å². The molecule has 2 bridgehead atoms. The molecule has 26 heavy (non-hydrogen) atoms. The molecule has 0 unspecified atom stereocenters. The molecule has 140 valence electrons. The molecule has 4 atom stereocenters. The molecule has 0 aliphatic carbocycles. The molecule has 1 aromatic rings. The van der Waals surface area contributed by atoms with Gasteiger partial charge in [0.1, 0.15) is 0 Å². The summed E-state index contributed by atoms with van der Waals surface area (Å²) in [5, 5.41) is 9.93. The number of pyridine rings is 1. The minimum atomic E-state index is -0.125. The third-order valence-corrected chi connectivity index (χ3v) is 6.41. The Bertz CT molecular complexity index is 652. The maximum Gasteiger partial charge on any atom is 0.223 e. The van der Waals surface area contributed by atoms with Crippen LogP contribution in [0, 0.1) is 11.8 Å². The van der Waals surface area contributed by atoms with E-state index in [4.69, 9.17) is 0 Å². The zero-order valence-electron chi connectivity index (χ0n) is 15.1. The molecule has 6 heteroatoms. The van der Waals surface area contributed by atoms with Crippen molar-refractivity contribution >= 4 is 11.8 Å². The van der Waals surface area contributed by atoms with Crippen LogP contribution in [0.15, 0.2) is 24.5 Å². The number of aliphatic hydroxyl groups is 1. The third kappa shape index (κ3) is 3.22. The van der Waals surface area contributed by atoms with Gasteiger partial charge in [-0.15, -0.1) is 0 Å². The van der Waals surface area contributed by atoms with Crippen molar-refractivity contribution in [2.45, 2.75) is 50.6 Å². The largest absolute Gasteiger partial charge is 0.394 e. The zero-order chi connectivity index (χ0) is 18.1. The van der Waals surface area contributed by atoms with E-state index in [0.717, 1.165) is 37.8 Å². The molecule has 6 nitrogen and oxygen atoms in total. The van der Waals surface area contributed by atoms with Crippen molar-refractivity contribution in [2.24, 2.45) is 11.8 Å². The van der Waals surface area contributed by atoms with E-state index in [1.54, 1.807) is 12.4 Å². The highest BCUT2D eigenvalue weighted by Gasteiger charge is 2.49. The van der Waals surface area contributed by atoms with Crippen LogP contribution in [-0.4, -0.2) is 63.5 Å². The second-order valence-electron chi connectivity index (χ2n) is 7.92. The number of carbonyl (C=O) groups excluding carboxylic acids is 2. The first-order valence-corrected chi connectivity index (χ1v) is 9.76. The second kappa shape index (κ2) is 7.35. The third-order valence-electron chi connectivity index (χ3n) is 6.41. The first-order chi connectivity index (χ1) is 12.7. The van der Waals surface area contributed by atoms with Crippen molar-refractivity contribution in [1.29, 1.82) is 0 Å². The van der Waals surface area contributed by atoms with Gasteiger partial charge in [-0.25, -0.2) is 0 Å². The van der Waals surface area contributed by atoms with E-state index in [-0.39, 0.29) is 36.4 Å². The summed E-state index contributed by atoms with van der Waals surface area (Å²) in [6, 6.07) is 3.97. The van der Waals surface area contributed by atoms with Gasteiger partial charge in [0.15, 0.2) is 0 Å². The topological polar surface area (TPSA) is 73.7 Å². The molecule has 3 saturated heterocycles. The number of rotatable bonds is 4. The quantitative estimate of drug-likeness (QED) is 0.880. The van der Waals surface area contributed by atoms with Crippen LogP contribution in [0.2, 0.25) is 0 Å². The Morgan fingerprint density at radius 1 is 1.23 bits per heavy atom. The molecule has 0 saturated carbocycles. The number of carbonyl (C=O) groups is 2. The van der Waals surface area contributed by atoms with Crippen molar-refractivity contribution in [1.82, 2.24) is 14.8 Å². The van der Waals surface area contributed by atoms with Crippen LogP contribution in [0.4, 0.5) is 0 Å². The molecule has 1 N–H and O–H groups in total. The van der Waals surface area contributed by atoms with Gasteiger partial charge in [0, 0.05) is 44.4 Å². The lowest BCUT2D eigenvalue weighted by Crippen LogP contribution is -2.66. The Morgan fingerprint density at radius 3 is 2.77 bits per heavy atom. The first kappa shape index (κ1) is 17.5. The molecule has 0 radical (unpaired) electrons. The number of aryl methyl sites for hydroxylation is 1. The molecule has 0 spiro atoms. The summed E-state index contributed by atoms with van der Waals surface area (Å²) in [6.07, 6.45) is 8.28. The zero-order valence-corrected chi connectivity index (χ0v) is 15.1. The number of amides is 2. The number of piperidine rings is 3. The molecule has 3 aliphatic heterocycles. The fourth-order valence-electron chi connectivity index (χ4n) is 5.17. The second-order valence-corrected chi connectivity index (χ2v) is 7.92. The molecule has 3 aliphatic rings. The number of nitrogens with zero attached hydrogens (tertiary/aromatic N) is 3. The Balaban J connectivity index is 1.44. The van der Waals surface area contributed by atoms with Gasteiger partial charge in [-0.3, -0.25) is 14.6 Å². The van der Waals surface area contributed by atoms with E-state index in [9.17, 15) is 14.7 Å². The van der Waals surface area contributed by atoms with Crippen LogP contribution in [0.5, 0.6) is 0 Å². The van der Waals surface area contributed by atoms with Crippen LogP contribution in [-0.2, 0) is 16.0 Å². The van der Waals surface area contributed by atoms with E-state index in [2.05, 4.69) is 4.98 Å². The van der Waals surface area contributed by atoms with E-state index in [1.165, 1.54) is 0 Å². The smallest absolute Gasteiger partial charge is 0.223 e. The predicted molar refractivity (Wildman–Crippen MR) is 96.1 cm³/mol. The molecule has 4 rings (SSSR count). The molecule has 3 fully saturated rings. The minimum Gasteiger partial charge on any atom is -0.394 e. The van der Waals surface area contributed by atoms with E-state index < -0.39 is 0 Å². The van der Waals surface area contributed by atoms with E-state index in [1.807, 2.05) is 21.9 Å². The maximum absolute atomic E-state index is 12.8. The number of hydrogen-bond donors (Lipinski definition) is 1. The Hall–Kier alpha value is -1.95. The van der Waals surface area contributed by atoms with Gasteiger partial charge in [-0.1, -0.05) is 0 Å². The van der Waals surface area contributed by atoms with Crippen LogP contribution in [0.3, 0.4) is 0 Å². The summed E-state index contributed by atoms with van der Waals surface area (Å²) in [6.45, 7) is 1.41. The molecule has 1 aromatic heterocycles. The van der Waals surface area contributed by atoms with Gasteiger partial charge in [0.2, 0.25) is 11.8 Å². The van der Waals surface area contributed by atoms with E-state index >= 15 is 0 Å². The van der Waals surface area contributed by atoms with Crippen LogP contribution >= 0.6 is 0 Å². The average Bonchev–Trinajstić information content (AvgIpc) is 2.68. The van der Waals surface area contributed by atoms with E-state index in [0.29, 0.717) is 25.3 Å². The fraction of sp³-hybridized carbons (Fsp3) is 0.650. The number of likely N-dealkylation sites (tertiary alicyclic amines) is 1. The lowest BCUT2D eigenvalue weighted by Gasteiger charge is -2.56. The molecular formula is C20H27N3O3. The van der Waals surface area contributed by atoms with Gasteiger partial charge in [-0.05, 0) is 55.2 Å². The van der Waals surface area contributed by atoms with Gasteiger partial charge < -0.3 is 14.9 Å². The minimum absolute atomic E-state index is 0.00132. The monoisotopic (exact) mass is 357 g/mol. The number of aromatic nitrogens is 1. The van der Waals surface area contributed by atoms with Crippen LogP contribution in [0.25, 0.3) is 0 Å². The highest BCUT2D eigenvalue weighted by atomic mass is 16.3. The lowest BCUT2D eigenvalue weighted by molar-refractivity contribution is -0.158. The summed E-state index contributed by atoms with van der Waals surface area (Å²) >= 11 is 0. The van der Waals surface area contributed by atoms with Crippen molar-refractivity contribution in [3.63, 3.8) is 0 Å². The summed E-state index contributed by atoms with van der Waals surface area (Å²) in [5.41, 5.74) is 1.13. The summed E-state index contributed by atoms with van der Waals surface area (Å²) < 4.78 is 0. The van der Waals surface area contributed by atoms with Gasteiger partial charge >= 0.3 is 0 Å². The lowest BCUT2D eigenvalue weighted by atomic mass is 9.72. The summed E-state index contributed by atoms with van der Waals surface area (Å²) in [4.78, 5) is 33.2. The number of aliphatic hydroxyl groups excluding tert-OH is 1. The van der Waals surface area contributed by atoms with Crippen molar-refractivity contribution in [3.8, 4) is 0 Å². The van der Waals surface area contributed by atoms with Crippen LogP contribution in [0.1, 0.15) is 37.7 Å². The van der Waals surface area contributed by atoms with Gasteiger partial charge in [0.25, 0.3) is 0 Å². The summed E-state index contributed by atoms with van der Waals surface area (Å²) in [7, 11) is 0. The standard InChI is InChI=1S/C20H27N3O3/c24-13-18-16-10-15(17-2-1-3-20(26)23(17)18)11-22(12-16)19(25)5-4-14-6-8-21-9-7-14/h6-9,15-18,24H,1-5,10-13H2/t15-,16+,17+,18+/m1/s1. The highest BCUT2D eigenvalue weighted by molar-refractivity contribution is 5.79.